The first-order valence-corrected chi connectivity index (χ1v) is 5.31. The highest BCUT2D eigenvalue weighted by atomic mass is 16.5. The van der Waals surface area contributed by atoms with Crippen LogP contribution in [0.25, 0.3) is 11.0 Å². The van der Waals surface area contributed by atoms with Gasteiger partial charge in [-0.15, -0.1) is 5.10 Å². The largest absolute Gasteiger partial charge is 0.363 e. The van der Waals surface area contributed by atoms with Gasteiger partial charge in [0.05, 0.1) is 5.52 Å². The summed E-state index contributed by atoms with van der Waals surface area (Å²) >= 11 is 0. The second-order valence-corrected chi connectivity index (χ2v) is 3.67. The van der Waals surface area contributed by atoms with Crippen molar-refractivity contribution in [2.45, 2.75) is 6.54 Å². The van der Waals surface area contributed by atoms with Crippen LogP contribution in [0.1, 0.15) is 0 Å². The van der Waals surface area contributed by atoms with Gasteiger partial charge in [0.1, 0.15) is 18.3 Å². The van der Waals surface area contributed by atoms with Crippen LogP contribution in [0, 0.1) is 0 Å². The van der Waals surface area contributed by atoms with Crippen LogP contribution in [0.5, 0.6) is 0 Å². The van der Waals surface area contributed by atoms with E-state index in [4.69, 9.17) is 0 Å². The summed E-state index contributed by atoms with van der Waals surface area (Å²) in [5.41, 5.74) is 1.57. The Bertz CT molecular complexity index is 674. The molecule has 1 N–H and O–H groups in total. The molecule has 7 heteroatoms. The van der Waals surface area contributed by atoms with Gasteiger partial charge >= 0.3 is 0 Å². The normalized spacial score (nSPS) is 10.7. The monoisotopic (exact) mass is 243 g/mol. The zero-order valence-electron chi connectivity index (χ0n) is 9.28. The standard InChI is InChI=1S/C11H9N5O2/c17-11(12-10-5-6-18-14-10)7-16-9-4-2-1-3-8(9)13-15-16/h1-6H,7H2,(H,12,14,17). The van der Waals surface area contributed by atoms with Gasteiger partial charge in [0.25, 0.3) is 0 Å². The highest BCUT2D eigenvalue weighted by Crippen LogP contribution is 2.09. The minimum Gasteiger partial charge on any atom is -0.363 e. The molecule has 0 saturated heterocycles. The number of amides is 1. The number of rotatable bonds is 3. The number of hydrogen-bond acceptors (Lipinski definition) is 5. The van der Waals surface area contributed by atoms with E-state index in [2.05, 4.69) is 25.3 Å². The lowest BCUT2D eigenvalue weighted by molar-refractivity contribution is -0.116. The van der Waals surface area contributed by atoms with Crippen LogP contribution in [-0.4, -0.2) is 26.1 Å². The van der Waals surface area contributed by atoms with Crippen molar-refractivity contribution in [3.05, 3.63) is 36.6 Å². The lowest BCUT2D eigenvalue weighted by Gasteiger charge is -2.01. The van der Waals surface area contributed by atoms with Crippen molar-refractivity contribution in [1.29, 1.82) is 0 Å². The molecule has 0 radical (unpaired) electrons. The molecule has 0 aliphatic heterocycles. The van der Waals surface area contributed by atoms with E-state index in [0.717, 1.165) is 11.0 Å². The number of anilines is 1. The molecular formula is C11H9N5O2. The van der Waals surface area contributed by atoms with Crippen molar-refractivity contribution >= 4 is 22.8 Å². The molecule has 0 spiro atoms. The molecule has 90 valence electrons. The second kappa shape index (κ2) is 4.28. The summed E-state index contributed by atoms with van der Waals surface area (Å²) in [6.45, 7) is 0.0768. The number of aromatic nitrogens is 4. The van der Waals surface area contributed by atoms with E-state index in [1.54, 1.807) is 6.07 Å². The van der Waals surface area contributed by atoms with Crippen molar-refractivity contribution < 1.29 is 9.32 Å². The summed E-state index contributed by atoms with van der Waals surface area (Å²) in [5.74, 6) is 0.143. The molecule has 7 nitrogen and oxygen atoms in total. The fourth-order valence-corrected chi connectivity index (χ4v) is 1.63. The van der Waals surface area contributed by atoms with E-state index in [1.165, 1.54) is 10.9 Å². The maximum absolute atomic E-state index is 11.7. The Labute approximate surface area is 101 Å². The topological polar surface area (TPSA) is 85.8 Å². The molecule has 0 atom stereocenters. The molecule has 0 aliphatic rings. The van der Waals surface area contributed by atoms with Crippen molar-refractivity contribution in [2.24, 2.45) is 0 Å². The third kappa shape index (κ3) is 1.93. The van der Waals surface area contributed by atoms with E-state index >= 15 is 0 Å². The average molecular weight is 243 g/mol. The molecule has 0 saturated carbocycles. The van der Waals surface area contributed by atoms with Crippen molar-refractivity contribution in [3.8, 4) is 0 Å². The average Bonchev–Trinajstić information content (AvgIpc) is 3.00. The summed E-state index contributed by atoms with van der Waals surface area (Å²) in [4.78, 5) is 11.7. The number of benzene rings is 1. The lowest BCUT2D eigenvalue weighted by Crippen LogP contribution is -2.19. The van der Waals surface area contributed by atoms with Crippen molar-refractivity contribution in [3.63, 3.8) is 0 Å². The molecule has 0 bridgehead atoms. The molecule has 3 aromatic rings. The minimum atomic E-state index is -0.237. The van der Waals surface area contributed by atoms with Gasteiger partial charge in [-0.25, -0.2) is 4.68 Å². The molecule has 1 aromatic carbocycles. The van der Waals surface area contributed by atoms with Gasteiger partial charge in [-0.1, -0.05) is 22.5 Å². The Morgan fingerprint density at radius 3 is 3.06 bits per heavy atom. The third-order valence-corrected chi connectivity index (χ3v) is 2.42. The van der Waals surface area contributed by atoms with Crippen LogP contribution in [0.15, 0.2) is 41.1 Å². The lowest BCUT2D eigenvalue weighted by atomic mass is 10.3. The number of carbonyl (C=O) groups excluding carboxylic acids is 1. The first-order valence-electron chi connectivity index (χ1n) is 5.31. The van der Waals surface area contributed by atoms with E-state index in [1.807, 2.05) is 24.3 Å². The Hall–Kier alpha value is -2.70. The molecule has 0 fully saturated rings. The molecule has 0 unspecified atom stereocenters. The highest BCUT2D eigenvalue weighted by molar-refractivity contribution is 5.90. The summed E-state index contributed by atoms with van der Waals surface area (Å²) in [6.07, 6.45) is 1.39. The number of nitrogens with zero attached hydrogens (tertiary/aromatic N) is 4. The molecule has 1 amide bonds. The van der Waals surface area contributed by atoms with Crippen LogP contribution in [0.4, 0.5) is 5.82 Å². The molecule has 0 aliphatic carbocycles. The van der Waals surface area contributed by atoms with Crippen LogP contribution in [0.2, 0.25) is 0 Å². The predicted molar refractivity (Wildman–Crippen MR) is 62.7 cm³/mol. The zero-order valence-corrected chi connectivity index (χ0v) is 9.28. The SMILES string of the molecule is O=C(Cn1nnc2ccccc21)Nc1ccon1. The molecule has 2 aromatic heterocycles. The van der Waals surface area contributed by atoms with Gasteiger partial charge in [-0.05, 0) is 12.1 Å². The highest BCUT2D eigenvalue weighted by Gasteiger charge is 2.09. The van der Waals surface area contributed by atoms with E-state index in [0.29, 0.717) is 5.82 Å². The van der Waals surface area contributed by atoms with Crippen LogP contribution in [0.3, 0.4) is 0 Å². The molecule has 18 heavy (non-hydrogen) atoms. The third-order valence-electron chi connectivity index (χ3n) is 2.42. The first-order chi connectivity index (χ1) is 8.83. The number of hydrogen-bond donors (Lipinski definition) is 1. The Balaban J connectivity index is 1.78. The van der Waals surface area contributed by atoms with Crippen LogP contribution < -0.4 is 5.32 Å². The number of fused-ring (bicyclic) bond motifs is 1. The second-order valence-electron chi connectivity index (χ2n) is 3.67. The Morgan fingerprint density at radius 2 is 2.22 bits per heavy atom. The summed E-state index contributed by atoms with van der Waals surface area (Å²) < 4.78 is 6.15. The maximum atomic E-state index is 11.7. The van der Waals surface area contributed by atoms with E-state index in [9.17, 15) is 4.79 Å². The van der Waals surface area contributed by atoms with Gasteiger partial charge < -0.3 is 9.84 Å². The Morgan fingerprint density at radius 1 is 1.33 bits per heavy atom. The number of carbonyl (C=O) groups is 1. The molecular weight excluding hydrogens is 234 g/mol. The number of para-hydroxylation sites is 1. The van der Waals surface area contributed by atoms with E-state index in [-0.39, 0.29) is 12.5 Å². The summed E-state index contributed by atoms with van der Waals surface area (Å²) in [5, 5.41) is 14.1. The van der Waals surface area contributed by atoms with E-state index < -0.39 is 0 Å². The molecule has 2 heterocycles. The zero-order chi connectivity index (χ0) is 12.4. The smallest absolute Gasteiger partial charge is 0.247 e. The van der Waals surface area contributed by atoms with Gasteiger partial charge in [0.2, 0.25) is 5.91 Å². The summed E-state index contributed by atoms with van der Waals surface area (Å²) in [7, 11) is 0. The van der Waals surface area contributed by atoms with Gasteiger partial charge in [0, 0.05) is 6.07 Å². The van der Waals surface area contributed by atoms with Gasteiger partial charge in [0.15, 0.2) is 5.82 Å². The predicted octanol–water partition coefficient (Wildman–Crippen LogP) is 1.06. The van der Waals surface area contributed by atoms with Crippen LogP contribution in [-0.2, 0) is 11.3 Å². The van der Waals surface area contributed by atoms with Gasteiger partial charge in [-0.3, -0.25) is 4.79 Å². The first kappa shape index (κ1) is 10.5. The fraction of sp³-hybridized carbons (Fsp3) is 0.0909. The van der Waals surface area contributed by atoms with Crippen molar-refractivity contribution in [2.75, 3.05) is 5.32 Å². The minimum absolute atomic E-state index is 0.0768. The Kier molecular flexibility index (Phi) is 2.49. The quantitative estimate of drug-likeness (QED) is 0.743. The van der Waals surface area contributed by atoms with Crippen LogP contribution >= 0.6 is 0 Å². The fourth-order valence-electron chi connectivity index (χ4n) is 1.63. The van der Waals surface area contributed by atoms with Gasteiger partial charge in [-0.2, -0.15) is 0 Å². The maximum Gasteiger partial charge on any atom is 0.247 e. The summed E-state index contributed by atoms with van der Waals surface area (Å²) in [6, 6.07) is 9.01. The van der Waals surface area contributed by atoms with Crippen molar-refractivity contribution in [1.82, 2.24) is 20.2 Å². The molecule has 3 rings (SSSR count). The number of nitrogens with one attached hydrogen (secondary N) is 1.